The van der Waals surface area contributed by atoms with Crippen LogP contribution in [-0.4, -0.2) is 18.4 Å². The number of halogens is 2. The molecule has 1 aliphatic rings. The van der Waals surface area contributed by atoms with Crippen LogP contribution in [0.2, 0.25) is 10.0 Å². The first-order chi connectivity index (χ1) is 13.5. The molecule has 0 heterocycles. The Balaban J connectivity index is 1.41. The molecule has 0 aromatic heterocycles. The van der Waals surface area contributed by atoms with Crippen LogP contribution in [0.3, 0.4) is 0 Å². The Morgan fingerprint density at radius 2 is 1.68 bits per heavy atom. The predicted molar refractivity (Wildman–Crippen MR) is 112 cm³/mol. The zero-order chi connectivity index (χ0) is 19.7. The number of fused-ring (bicyclic) bond motifs is 3. The van der Waals surface area contributed by atoms with Gasteiger partial charge in [0.25, 0.3) is 5.91 Å². The first-order valence-corrected chi connectivity index (χ1v) is 9.51. The Morgan fingerprint density at radius 1 is 0.893 bits per heavy atom. The van der Waals surface area contributed by atoms with Crippen molar-refractivity contribution in [2.75, 3.05) is 11.9 Å². The molecule has 0 spiro atoms. The molecule has 0 atom stereocenters. The zero-order valence-electron chi connectivity index (χ0n) is 14.8. The first-order valence-electron chi connectivity index (χ1n) is 8.75. The molecule has 2 amide bonds. The van der Waals surface area contributed by atoms with E-state index in [1.165, 1.54) is 28.8 Å². The van der Waals surface area contributed by atoms with Crippen molar-refractivity contribution in [3.63, 3.8) is 0 Å². The summed E-state index contributed by atoms with van der Waals surface area (Å²) in [5, 5.41) is 6.07. The van der Waals surface area contributed by atoms with Crippen molar-refractivity contribution >= 4 is 40.7 Å². The van der Waals surface area contributed by atoms with Gasteiger partial charge in [-0.3, -0.25) is 9.59 Å². The molecule has 0 saturated heterocycles. The molecule has 6 heteroatoms. The van der Waals surface area contributed by atoms with Crippen LogP contribution in [0.4, 0.5) is 5.69 Å². The van der Waals surface area contributed by atoms with E-state index in [-0.39, 0.29) is 23.0 Å². The number of nitrogens with one attached hydrogen (secondary N) is 2. The SMILES string of the molecule is O=C(CNC(=O)c1ccc(Cl)cc1Cl)Nc1ccc2c(c1)-c1ccccc1C2. The van der Waals surface area contributed by atoms with Crippen LogP contribution in [0.15, 0.2) is 60.7 Å². The maximum atomic E-state index is 12.3. The number of benzene rings is 3. The summed E-state index contributed by atoms with van der Waals surface area (Å²) in [5.74, 6) is -0.746. The highest BCUT2D eigenvalue weighted by molar-refractivity contribution is 6.36. The highest BCUT2D eigenvalue weighted by Crippen LogP contribution is 2.37. The van der Waals surface area contributed by atoms with Gasteiger partial charge >= 0.3 is 0 Å². The van der Waals surface area contributed by atoms with E-state index in [1.54, 1.807) is 6.07 Å². The van der Waals surface area contributed by atoms with Crippen LogP contribution in [0.5, 0.6) is 0 Å². The average molecular weight is 411 g/mol. The van der Waals surface area contributed by atoms with Gasteiger partial charge in [-0.25, -0.2) is 0 Å². The molecule has 0 saturated carbocycles. The van der Waals surface area contributed by atoms with E-state index >= 15 is 0 Å². The second-order valence-electron chi connectivity index (χ2n) is 6.56. The maximum Gasteiger partial charge on any atom is 0.253 e. The largest absolute Gasteiger partial charge is 0.343 e. The Morgan fingerprint density at radius 3 is 2.50 bits per heavy atom. The molecule has 0 aliphatic heterocycles. The third-order valence-corrected chi connectivity index (χ3v) is 5.22. The van der Waals surface area contributed by atoms with Crippen LogP contribution in [0.25, 0.3) is 11.1 Å². The van der Waals surface area contributed by atoms with Gasteiger partial charge in [0.15, 0.2) is 0 Å². The van der Waals surface area contributed by atoms with E-state index in [1.807, 2.05) is 30.3 Å². The highest BCUT2D eigenvalue weighted by atomic mass is 35.5. The molecule has 4 rings (SSSR count). The van der Waals surface area contributed by atoms with Crippen LogP contribution in [0, 0.1) is 0 Å². The first kappa shape index (κ1) is 18.5. The van der Waals surface area contributed by atoms with Crippen LogP contribution in [-0.2, 0) is 11.2 Å². The smallest absolute Gasteiger partial charge is 0.253 e. The van der Waals surface area contributed by atoms with Gasteiger partial charge in [0.05, 0.1) is 17.1 Å². The lowest BCUT2D eigenvalue weighted by Crippen LogP contribution is -2.33. The molecular weight excluding hydrogens is 395 g/mol. The summed E-state index contributed by atoms with van der Waals surface area (Å²) in [6.45, 7) is -0.161. The lowest BCUT2D eigenvalue weighted by atomic mass is 10.1. The number of hydrogen-bond acceptors (Lipinski definition) is 2. The van der Waals surface area contributed by atoms with E-state index in [2.05, 4.69) is 22.8 Å². The second kappa shape index (κ2) is 7.66. The molecule has 4 nitrogen and oxygen atoms in total. The van der Waals surface area contributed by atoms with Gasteiger partial charge in [-0.15, -0.1) is 0 Å². The van der Waals surface area contributed by atoms with Gasteiger partial charge in [-0.2, -0.15) is 0 Å². The van der Waals surface area contributed by atoms with Crippen molar-refractivity contribution in [1.82, 2.24) is 5.32 Å². The van der Waals surface area contributed by atoms with Crippen LogP contribution < -0.4 is 10.6 Å². The number of anilines is 1. The van der Waals surface area contributed by atoms with E-state index in [4.69, 9.17) is 23.2 Å². The molecule has 1 aliphatic carbocycles. The molecule has 2 N–H and O–H groups in total. The summed E-state index contributed by atoms with van der Waals surface area (Å²) in [6, 6.07) is 18.7. The van der Waals surface area contributed by atoms with Crippen molar-refractivity contribution in [2.24, 2.45) is 0 Å². The molecule has 140 valence electrons. The second-order valence-corrected chi connectivity index (χ2v) is 7.40. The van der Waals surface area contributed by atoms with Crippen LogP contribution >= 0.6 is 23.2 Å². The number of hydrogen-bond donors (Lipinski definition) is 2. The molecule has 0 bridgehead atoms. The van der Waals surface area contributed by atoms with Crippen molar-refractivity contribution in [2.45, 2.75) is 6.42 Å². The van der Waals surface area contributed by atoms with E-state index in [0.29, 0.717) is 10.7 Å². The summed E-state index contributed by atoms with van der Waals surface area (Å²) < 4.78 is 0. The lowest BCUT2D eigenvalue weighted by molar-refractivity contribution is -0.115. The Labute approximate surface area is 172 Å². The van der Waals surface area contributed by atoms with Crippen molar-refractivity contribution < 1.29 is 9.59 Å². The summed E-state index contributed by atoms with van der Waals surface area (Å²) in [7, 11) is 0. The number of amides is 2. The third kappa shape index (κ3) is 3.75. The average Bonchev–Trinajstić information content (AvgIpc) is 3.04. The molecule has 3 aromatic carbocycles. The van der Waals surface area contributed by atoms with E-state index < -0.39 is 5.91 Å². The van der Waals surface area contributed by atoms with Crippen molar-refractivity contribution in [3.8, 4) is 11.1 Å². The molecule has 0 fully saturated rings. The Hall–Kier alpha value is -2.82. The van der Waals surface area contributed by atoms with Gasteiger partial charge in [0.1, 0.15) is 0 Å². The zero-order valence-corrected chi connectivity index (χ0v) is 16.3. The minimum Gasteiger partial charge on any atom is -0.343 e. The van der Waals surface area contributed by atoms with Crippen LogP contribution in [0.1, 0.15) is 21.5 Å². The Bertz CT molecular complexity index is 1100. The summed E-state index contributed by atoms with van der Waals surface area (Å²) in [5.41, 5.74) is 5.81. The predicted octanol–water partition coefficient (Wildman–Crippen LogP) is 4.93. The quantitative estimate of drug-likeness (QED) is 0.500. The molecule has 28 heavy (non-hydrogen) atoms. The number of carbonyl (C=O) groups is 2. The normalized spacial score (nSPS) is 11.5. The fourth-order valence-corrected chi connectivity index (χ4v) is 3.83. The minimum absolute atomic E-state index is 0.161. The molecule has 3 aromatic rings. The van der Waals surface area contributed by atoms with Gasteiger partial charge < -0.3 is 10.6 Å². The molecular formula is C22H16Cl2N2O2. The molecule has 0 unspecified atom stereocenters. The standard InChI is InChI=1S/C22H16Cl2N2O2/c23-15-6-8-18(20(24)10-15)22(28)25-12-21(27)26-16-7-5-14-9-13-3-1-2-4-17(13)19(14)11-16/h1-8,10-11H,9,12H2,(H,25,28)(H,26,27). The topological polar surface area (TPSA) is 58.2 Å². The fraction of sp³-hybridized carbons (Fsp3) is 0.0909. The third-order valence-electron chi connectivity index (χ3n) is 4.67. The highest BCUT2D eigenvalue weighted by Gasteiger charge is 2.18. The number of rotatable bonds is 4. The van der Waals surface area contributed by atoms with Gasteiger partial charge in [0.2, 0.25) is 5.91 Å². The van der Waals surface area contributed by atoms with Crippen molar-refractivity contribution in [3.05, 3.63) is 87.4 Å². The summed E-state index contributed by atoms with van der Waals surface area (Å²) in [4.78, 5) is 24.5. The summed E-state index contributed by atoms with van der Waals surface area (Å²) >= 11 is 11.8. The van der Waals surface area contributed by atoms with Crippen molar-refractivity contribution in [1.29, 1.82) is 0 Å². The van der Waals surface area contributed by atoms with E-state index in [0.717, 1.165) is 12.0 Å². The Kier molecular flexibility index (Phi) is 5.07. The van der Waals surface area contributed by atoms with Gasteiger partial charge in [-0.05, 0) is 59.0 Å². The van der Waals surface area contributed by atoms with E-state index in [9.17, 15) is 9.59 Å². The number of carbonyl (C=O) groups excluding carboxylic acids is 2. The fourth-order valence-electron chi connectivity index (χ4n) is 3.34. The minimum atomic E-state index is -0.431. The van der Waals surface area contributed by atoms with Gasteiger partial charge in [-0.1, -0.05) is 53.5 Å². The maximum absolute atomic E-state index is 12.3. The molecule has 0 radical (unpaired) electrons. The summed E-state index contributed by atoms with van der Waals surface area (Å²) in [6.07, 6.45) is 0.900. The lowest BCUT2D eigenvalue weighted by Gasteiger charge is -2.10. The van der Waals surface area contributed by atoms with Gasteiger partial charge in [0, 0.05) is 10.7 Å². The monoisotopic (exact) mass is 410 g/mol.